The minimum absolute atomic E-state index is 0.0946. The van der Waals surface area contributed by atoms with E-state index in [1.807, 2.05) is 9.80 Å². The molecule has 2 amide bonds. The number of urea groups is 1. The van der Waals surface area contributed by atoms with E-state index < -0.39 is 5.60 Å². The van der Waals surface area contributed by atoms with Crippen LogP contribution in [-0.4, -0.2) is 67.4 Å². The van der Waals surface area contributed by atoms with Gasteiger partial charge in [0.25, 0.3) is 0 Å². The van der Waals surface area contributed by atoms with Gasteiger partial charge in [0.15, 0.2) is 0 Å². The van der Waals surface area contributed by atoms with Gasteiger partial charge in [-0.05, 0) is 25.7 Å². The number of amides is 2. The molecule has 5 nitrogen and oxygen atoms in total. The smallest absolute Gasteiger partial charge is 0.320 e. The van der Waals surface area contributed by atoms with Crippen molar-refractivity contribution in [2.75, 3.05) is 40.5 Å². The van der Waals surface area contributed by atoms with Crippen LogP contribution in [0, 0.1) is 11.8 Å². The molecule has 1 rings (SSSR count). The summed E-state index contributed by atoms with van der Waals surface area (Å²) in [6.45, 7) is 15.7. The van der Waals surface area contributed by atoms with E-state index in [-0.39, 0.29) is 17.5 Å². The van der Waals surface area contributed by atoms with Crippen LogP contribution in [0.1, 0.15) is 41.5 Å². The second kappa shape index (κ2) is 7.18. The summed E-state index contributed by atoms with van der Waals surface area (Å²) < 4.78 is 11.1. The van der Waals surface area contributed by atoms with Gasteiger partial charge in [-0.15, -0.1) is 0 Å². The van der Waals surface area contributed by atoms with Crippen molar-refractivity contribution in [3.63, 3.8) is 0 Å². The summed E-state index contributed by atoms with van der Waals surface area (Å²) in [5, 5.41) is 0. The topological polar surface area (TPSA) is 42.0 Å². The van der Waals surface area contributed by atoms with Gasteiger partial charge >= 0.3 is 6.03 Å². The fourth-order valence-corrected chi connectivity index (χ4v) is 3.60. The Bertz CT molecular complexity index is 386. The SMILES string of the molecule is COCCN1CCN(C(C)(C(C)C)C(C)(OC)C(C)C)C1=O. The summed E-state index contributed by atoms with van der Waals surface area (Å²) in [5.41, 5.74) is -0.775. The number of nitrogens with zero attached hydrogens (tertiary/aromatic N) is 2. The van der Waals surface area contributed by atoms with Crippen LogP contribution >= 0.6 is 0 Å². The van der Waals surface area contributed by atoms with Crippen LogP contribution in [0.25, 0.3) is 0 Å². The third-order valence-corrected chi connectivity index (χ3v) is 5.88. The van der Waals surface area contributed by atoms with Gasteiger partial charge in [-0.1, -0.05) is 27.7 Å². The molecule has 0 radical (unpaired) electrons. The van der Waals surface area contributed by atoms with Crippen LogP contribution in [0.2, 0.25) is 0 Å². The summed E-state index contributed by atoms with van der Waals surface area (Å²) >= 11 is 0. The minimum Gasteiger partial charge on any atom is -0.383 e. The van der Waals surface area contributed by atoms with Crippen molar-refractivity contribution in [1.29, 1.82) is 0 Å². The fourth-order valence-electron chi connectivity index (χ4n) is 3.60. The van der Waals surface area contributed by atoms with Gasteiger partial charge < -0.3 is 19.3 Å². The quantitative estimate of drug-likeness (QED) is 0.692. The van der Waals surface area contributed by atoms with Crippen LogP contribution in [0.5, 0.6) is 0 Å². The lowest BCUT2D eigenvalue weighted by molar-refractivity contribution is -0.146. The molecule has 1 heterocycles. The average Bonchev–Trinajstić information content (AvgIpc) is 2.84. The van der Waals surface area contributed by atoms with E-state index in [1.54, 1.807) is 14.2 Å². The third kappa shape index (κ3) is 2.98. The minimum atomic E-state index is -0.409. The Balaban J connectivity index is 3.14. The Labute approximate surface area is 135 Å². The van der Waals surface area contributed by atoms with Crippen molar-refractivity contribution < 1.29 is 14.3 Å². The molecule has 0 aromatic heterocycles. The second-order valence-corrected chi connectivity index (χ2v) is 7.18. The van der Waals surface area contributed by atoms with E-state index in [0.717, 1.165) is 13.1 Å². The molecule has 5 heteroatoms. The largest absolute Gasteiger partial charge is 0.383 e. The predicted molar refractivity (Wildman–Crippen MR) is 89.0 cm³/mol. The van der Waals surface area contributed by atoms with Gasteiger partial charge in [-0.2, -0.15) is 0 Å². The number of carbonyl (C=O) groups excluding carboxylic acids is 1. The Hall–Kier alpha value is -0.810. The van der Waals surface area contributed by atoms with Crippen molar-refractivity contribution in [1.82, 2.24) is 9.80 Å². The van der Waals surface area contributed by atoms with Crippen LogP contribution < -0.4 is 0 Å². The maximum absolute atomic E-state index is 12.9. The van der Waals surface area contributed by atoms with Crippen molar-refractivity contribution in [2.45, 2.75) is 52.7 Å². The maximum atomic E-state index is 12.9. The standard InChI is InChI=1S/C17H34N2O3/c1-13(2)16(5,17(6,22-8)14(3)4)19-10-9-18(15(19)20)11-12-21-7/h13-14H,9-12H2,1-8H3. The first-order chi connectivity index (χ1) is 10.2. The highest BCUT2D eigenvalue weighted by molar-refractivity contribution is 5.77. The molecule has 0 N–H and O–H groups in total. The Morgan fingerprint density at radius 2 is 1.68 bits per heavy atom. The summed E-state index contributed by atoms with van der Waals surface area (Å²) in [6, 6.07) is 0.0946. The zero-order valence-corrected chi connectivity index (χ0v) is 15.6. The van der Waals surface area contributed by atoms with E-state index >= 15 is 0 Å². The molecule has 0 spiro atoms. The molecule has 2 atom stereocenters. The van der Waals surface area contributed by atoms with Crippen molar-refractivity contribution >= 4 is 6.03 Å². The fraction of sp³-hybridized carbons (Fsp3) is 0.941. The lowest BCUT2D eigenvalue weighted by Crippen LogP contribution is -2.67. The molecule has 1 aliphatic rings. The molecular weight excluding hydrogens is 280 g/mol. The van der Waals surface area contributed by atoms with E-state index in [4.69, 9.17) is 9.47 Å². The summed E-state index contributed by atoms with van der Waals surface area (Å²) in [4.78, 5) is 16.8. The highest BCUT2D eigenvalue weighted by Gasteiger charge is 2.56. The first-order valence-electron chi connectivity index (χ1n) is 8.27. The summed E-state index contributed by atoms with van der Waals surface area (Å²) in [5.74, 6) is 0.580. The number of hydrogen-bond acceptors (Lipinski definition) is 3. The highest BCUT2D eigenvalue weighted by atomic mass is 16.5. The molecule has 0 aromatic carbocycles. The first-order valence-corrected chi connectivity index (χ1v) is 8.27. The number of rotatable bonds is 8. The van der Waals surface area contributed by atoms with Gasteiger partial charge in [0.2, 0.25) is 0 Å². The molecule has 0 saturated carbocycles. The average molecular weight is 314 g/mol. The molecule has 1 aliphatic heterocycles. The van der Waals surface area contributed by atoms with Gasteiger partial charge in [0.1, 0.15) is 0 Å². The summed E-state index contributed by atoms with van der Waals surface area (Å²) in [7, 11) is 3.42. The van der Waals surface area contributed by atoms with E-state index in [0.29, 0.717) is 19.1 Å². The lowest BCUT2D eigenvalue weighted by atomic mass is 9.67. The van der Waals surface area contributed by atoms with E-state index in [1.165, 1.54) is 0 Å². The van der Waals surface area contributed by atoms with Gasteiger partial charge in [0, 0.05) is 33.9 Å². The van der Waals surface area contributed by atoms with E-state index in [9.17, 15) is 4.79 Å². The molecule has 0 aliphatic carbocycles. The molecule has 0 bridgehead atoms. The molecular formula is C17H34N2O3. The van der Waals surface area contributed by atoms with Crippen LogP contribution in [0.3, 0.4) is 0 Å². The molecule has 22 heavy (non-hydrogen) atoms. The van der Waals surface area contributed by atoms with Crippen molar-refractivity contribution in [3.8, 4) is 0 Å². The zero-order chi connectivity index (χ0) is 17.1. The second-order valence-electron chi connectivity index (χ2n) is 7.18. The number of hydrogen-bond donors (Lipinski definition) is 0. The van der Waals surface area contributed by atoms with Gasteiger partial charge in [0.05, 0.1) is 17.7 Å². The summed E-state index contributed by atoms with van der Waals surface area (Å²) in [6.07, 6.45) is 0. The van der Waals surface area contributed by atoms with Gasteiger partial charge in [-0.25, -0.2) is 4.79 Å². The lowest BCUT2D eigenvalue weighted by Gasteiger charge is -2.55. The van der Waals surface area contributed by atoms with Crippen LogP contribution in [-0.2, 0) is 9.47 Å². The number of carbonyl (C=O) groups is 1. The predicted octanol–water partition coefficient (Wildman–Crippen LogP) is 2.85. The van der Waals surface area contributed by atoms with Gasteiger partial charge in [-0.3, -0.25) is 0 Å². The number of methoxy groups -OCH3 is 2. The third-order valence-electron chi connectivity index (χ3n) is 5.88. The molecule has 130 valence electrons. The molecule has 1 saturated heterocycles. The highest BCUT2D eigenvalue weighted by Crippen LogP contribution is 2.43. The maximum Gasteiger partial charge on any atom is 0.320 e. The Kier molecular flexibility index (Phi) is 6.27. The van der Waals surface area contributed by atoms with Crippen LogP contribution in [0.4, 0.5) is 4.79 Å². The Morgan fingerprint density at radius 3 is 2.09 bits per heavy atom. The van der Waals surface area contributed by atoms with Crippen molar-refractivity contribution in [3.05, 3.63) is 0 Å². The zero-order valence-electron chi connectivity index (χ0n) is 15.6. The molecule has 0 aromatic rings. The number of ether oxygens (including phenoxy) is 2. The monoisotopic (exact) mass is 314 g/mol. The molecule has 1 fully saturated rings. The van der Waals surface area contributed by atoms with E-state index in [2.05, 4.69) is 41.5 Å². The Morgan fingerprint density at radius 1 is 1.09 bits per heavy atom. The molecule has 2 unspecified atom stereocenters. The van der Waals surface area contributed by atoms with Crippen molar-refractivity contribution in [2.24, 2.45) is 11.8 Å². The normalized spacial score (nSPS) is 21.6. The first kappa shape index (κ1) is 19.2. The van der Waals surface area contributed by atoms with Crippen LogP contribution in [0.15, 0.2) is 0 Å².